The van der Waals surface area contributed by atoms with Crippen LogP contribution in [0.1, 0.15) is 81.3 Å². The molecule has 2 N–H and O–H groups in total. The van der Waals surface area contributed by atoms with Crippen LogP contribution in [0.25, 0.3) is 0 Å². The molecule has 0 aliphatic carbocycles. The molecule has 9 heteroatoms. The van der Waals surface area contributed by atoms with Gasteiger partial charge in [0, 0.05) is 31.7 Å². The molecule has 1 rings (SSSR count). The minimum atomic E-state index is -0.304. The molecule has 1 aromatic heterocycles. The van der Waals surface area contributed by atoms with Crippen molar-refractivity contribution in [1.29, 1.82) is 0 Å². The largest absolute Gasteiger partial charge is 0.462 e. The third-order valence-electron chi connectivity index (χ3n) is 4.51. The first kappa shape index (κ1) is 29.1. The van der Waals surface area contributed by atoms with Gasteiger partial charge in [0.05, 0.1) is 18.3 Å². The van der Waals surface area contributed by atoms with Crippen molar-refractivity contribution in [1.82, 2.24) is 20.5 Å². The summed E-state index contributed by atoms with van der Waals surface area (Å²) in [5, 5.41) is 7.54. The van der Waals surface area contributed by atoms with Gasteiger partial charge < -0.3 is 15.4 Å². The van der Waals surface area contributed by atoms with Crippen LogP contribution in [0.15, 0.2) is 4.99 Å². The number of carbonyl (C=O) groups excluding carboxylic acids is 1. The van der Waals surface area contributed by atoms with Crippen LogP contribution < -0.4 is 10.6 Å². The van der Waals surface area contributed by atoms with E-state index in [9.17, 15) is 4.79 Å². The molecule has 0 aliphatic heterocycles. The predicted octanol–water partition coefficient (Wildman–Crippen LogP) is 4.37. The van der Waals surface area contributed by atoms with E-state index in [4.69, 9.17) is 9.73 Å². The van der Waals surface area contributed by atoms with Gasteiger partial charge in [-0.1, -0.05) is 0 Å². The van der Waals surface area contributed by atoms with E-state index in [-0.39, 0.29) is 36.0 Å². The summed E-state index contributed by atoms with van der Waals surface area (Å²) in [6.07, 6.45) is 1.00. The molecule has 1 atom stereocenters. The van der Waals surface area contributed by atoms with Crippen LogP contribution in [0.5, 0.6) is 0 Å². The van der Waals surface area contributed by atoms with Crippen molar-refractivity contribution in [3.63, 3.8) is 0 Å². The lowest BCUT2D eigenvalue weighted by Gasteiger charge is -2.30. The molecule has 174 valence electrons. The van der Waals surface area contributed by atoms with E-state index in [1.54, 1.807) is 6.92 Å². The number of halogens is 1. The third-order valence-corrected chi connectivity index (χ3v) is 5.83. The van der Waals surface area contributed by atoms with Crippen molar-refractivity contribution in [2.45, 2.75) is 79.9 Å². The maximum atomic E-state index is 12.0. The molecule has 0 aliphatic rings. The number of aliphatic imine (C=N–C) groups is 1. The zero-order valence-corrected chi connectivity index (χ0v) is 22.9. The van der Waals surface area contributed by atoms with Crippen molar-refractivity contribution in [3.05, 3.63) is 15.6 Å². The van der Waals surface area contributed by atoms with Crippen molar-refractivity contribution in [2.24, 2.45) is 4.99 Å². The molecule has 0 radical (unpaired) electrons. The summed E-state index contributed by atoms with van der Waals surface area (Å²) in [6, 6.07) is 1.02. The van der Waals surface area contributed by atoms with E-state index >= 15 is 0 Å². The fourth-order valence-electron chi connectivity index (χ4n) is 3.13. The van der Waals surface area contributed by atoms with Crippen molar-refractivity contribution in [2.75, 3.05) is 26.2 Å². The monoisotopic (exact) mass is 553 g/mol. The van der Waals surface area contributed by atoms with Crippen molar-refractivity contribution >= 4 is 47.2 Å². The SMILES string of the molecule is CCNC(=NCCCN(C(C)C)C(C)C)NC(C)c1nc(C)c(C(=O)OCC)s1.I. The molecule has 7 nitrogen and oxygen atoms in total. The van der Waals surface area contributed by atoms with Crippen LogP contribution in [-0.2, 0) is 4.74 Å². The second kappa shape index (κ2) is 15.0. The van der Waals surface area contributed by atoms with Crippen LogP contribution in [0.2, 0.25) is 0 Å². The Morgan fingerprint density at radius 3 is 2.37 bits per heavy atom. The molecular formula is C21H40IN5O2S. The summed E-state index contributed by atoms with van der Waals surface area (Å²) in [6.45, 7) is 19.6. The Labute approximate surface area is 203 Å². The average molecular weight is 554 g/mol. The molecule has 1 unspecified atom stereocenters. The molecule has 0 spiro atoms. The highest BCUT2D eigenvalue weighted by molar-refractivity contribution is 14.0. The van der Waals surface area contributed by atoms with E-state index < -0.39 is 0 Å². The fourth-order valence-corrected chi connectivity index (χ4v) is 4.10. The summed E-state index contributed by atoms with van der Waals surface area (Å²) >= 11 is 1.38. The maximum Gasteiger partial charge on any atom is 0.350 e. The first-order valence-corrected chi connectivity index (χ1v) is 11.5. The molecule has 1 heterocycles. The third kappa shape index (κ3) is 9.47. The van der Waals surface area contributed by atoms with Gasteiger partial charge in [-0.2, -0.15) is 0 Å². The zero-order chi connectivity index (χ0) is 22.0. The van der Waals surface area contributed by atoms with Gasteiger partial charge in [-0.25, -0.2) is 9.78 Å². The van der Waals surface area contributed by atoms with Gasteiger partial charge in [0.15, 0.2) is 5.96 Å². The van der Waals surface area contributed by atoms with E-state index in [0.717, 1.165) is 37.0 Å². The van der Waals surface area contributed by atoms with Crippen LogP contribution >= 0.6 is 35.3 Å². The molecule has 0 saturated carbocycles. The highest BCUT2D eigenvalue weighted by Crippen LogP contribution is 2.24. The summed E-state index contributed by atoms with van der Waals surface area (Å²) in [5.74, 6) is 0.465. The number of hydrogen-bond donors (Lipinski definition) is 2. The first-order valence-electron chi connectivity index (χ1n) is 10.7. The van der Waals surface area contributed by atoms with E-state index in [2.05, 4.69) is 48.2 Å². The highest BCUT2D eigenvalue weighted by atomic mass is 127. The Hall–Kier alpha value is -0.940. The second-order valence-corrected chi connectivity index (χ2v) is 8.62. The van der Waals surface area contributed by atoms with Crippen LogP contribution in [-0.4, -0.2) is 60.1 Å². The Balaban J connectivity index is 0.00000841. The highest BCUT2D eigenvalue weighted by Gasteiger charge is 2.20. The van der Waals surface area contributed by atoms with Crippen LogP contribution in [0.3, 0.4) is 0 Å². The molecule has 0 amide bonds. The number of aryl methyl sites for hydroxylation is 1. The Morgan fingerprint density at radius 2 is 1.83 bits per heavy atom. The van der Waals surface area contributed by atoms with Crippen molar-refractivity contribution in [3.8, 4) is 0 Å². The first-order chi connectivity index (χ1) is 13.7. The predicted molar refractivity (Wildman–Crippen MR) is 137 cm³/mol. The van der Waals surface area contributed by atoms with Gasteiger partial charge in [-0.3, -0.25) is 9.89 Å². The number of nitrogens with zero attached hydrogens (tertiary/aromatic N) is 3. The van der Waals surface area contributed by atoms with E-state index in [1.165, 1.54) is 11.3 Å². The summed E-state index contributed by atoms with van der Waals surface area (Å²) in [5.41, 5.74) is 0.710. The molecule has 1 aromatic rings. The summed E-state index contributed by atoms with van der Waals surface area (Å²) < 4.78 is 5.11. The standard InChI is InChI=1S/C21H39N5O2S.HI/c1-9-22-21(23-12-11-13-26(14(3)4)15(5)6)25-17(8)19-24-16(7)18(29-19)20(27)28-10-2;/h14-15,17H,9-13H2,1-8H3,(H2,22,23,25);1H. The second-order valence-electron chi connectivity index (χ2n) is 7.59. The topological polar surface area (TPSA) is 78.9 Å². The van der Waals surface area contributed by atoms with Crippen LogP contribution in [0.4, 0.5) is 0 Å². The molecule has 30 heavy (non-hydrogen) atoms. The smallest absolute Gasteiger partial charge is 0.350 e. The Morgan fingerprint density at radius 1 is 1.20 bits per heavy atom. The number of nitrogens with one attached hydrogen (secondary N) is 2. The molecule has 0 saturated heterocycles. The Bertz CT molecular complexity index is 656. The normalized spacial score (nSPS) is 12.8. The minimum Gasteiger partial charge on any atom is -0.462 e. The maximum absolute atomic E-state index is 12.0. The fraction of sp³-hybridized carbons (Fsp3) is 0.762. The van der Waals surface area contributed by atoms with Gasteiger partial charge in [0.25, 0.3) is 0 Å². The zero-order valence-electron chi connectivity index (χ0n) is 19.7. The number of esters is 1. The summed E-state index contributed by atoms with van der Waals surface area (Å²) in [7, 11) is 0. The van der Waals surface area contributed by atoms with Gasteiger partial charge in [-0.05, 0) is 61.8 Å². The number of hydrogen-bond acceptors (Lipinski definition) is 6. The van der Waals surface area contributed by atoms with Crippen molar-refractivity contribution < 1.29 is 9.53 Å². The molecule has 0 bridgehead atoms. The van der Waals surface area contributed by atoms with E-state index in [1.807, 2.05) is 20.8 Å². The summed E-state index contributed by atoms with van der Waals surface area (Å²) in [4.78, 5) is 24.4. The van der Waals surface area contributed by atoms with Gasteiger partial charge >= 0.3 is 5.97 Å². The lowest BCUT2D eigenvalue weighted by atomic mass is 10.2. The van der Waals surface area contributed by atoms with Gasteiger partial charge in [0.2, 0.25) is 0 Å². The number of aromatic nitrogens is 1. The number of guanidine groups is 1. The lowest BCUT2D eigenvalue weighted by molar-refractivity contribution is 0.0531. The number of thiazole rings is 1. The molecule has 0 aromatic carbocycles. The number of ether oxygens (including phenoxy) is 1. The average Bonchev–Trinajstić information content (AvgIpc) is 3.03. The van der Waals surface area contributed by atoms with E-state index in [0.29, 0.717) is 29.3 Å². The van der Waals surface area contributed by atoms with Gasteiger partial charge in [-0.15, -0.1) is 35.3 Å². The lowest BCUT2D eigenvalue weighted by Crippen LogP contribution is -2.39. The number of carbonyl (C=O) groups is 1. The quantitative estimate of drug-likeness (QED) is 0.139. The molecule has 0 fully saturated rings. The molecular weight excluding hydrogens is 513 g/mol. The van der Waals surface area contributed by atoms with Gasteiger partial charge in [0.1, 0.15) is 9.88 Å². The minimum absolute atomic E-state index is 0. The van der Waals surface area contributed by atoms with Crippen LogP contribution in [0, 0.1) is 6.92 Å². The Kier molecular flexibility index (Phi) is 14.5. The number of rotatable bonds is 11.